The lowest BCUT2D eigenvalue weighted by molar-refractivity contribution is -0.137. The molecule has 2 amide bonds. The van der Waals surface area contributed by atoms with Gasteiger partial charge in [0, 0.05) is 32.5 Å². The van der Waals surface area contributed by atoms with Crippen LogP contribution >= 0.6 is 0 Å². The van der Waals surface area contributed by atoms with E-state index in [2.05, 4.69) is 10.6 Å². The Morgan fingerprint density at radius 1 is 1.06 bits per heavy atom. The van der Waals surface area contributed by atoms with Crippen LogP contribution in [-0.2, 0) is 32.2 Å². The van der Waals surface area contributed by atoms with Crippen LogP contribution in [0.4, 0.5) is 13.2 Å². The molecule has 1 atom stereocenters. The van der Waals surface area contributed by atoms with E-state index >= 15 is 0 Å². The van der Waals surface area contributed by atoms with Crippen molar-refractivity contribution in [1.29, 1.82) is 0 Å². The lowest BCUT2D eigenvalue weighted by Gasteiger charge is -2.32. The second-order valence-electron chi connectivity index (χ2n) is 8.16. The number of carbonyl (C=O) groups is 2. The molecule has 1 aliphatic heterocycles. The first-order chi connectivity index (χ1) is 16.0. The number of alkyl halides is 3. The summed E-state index contributed by atoms with van der Waals surface area (Å²) in [6.07, 6.45) is -3.76. The van der Waals surface area contributed by atoms with E-state index in [9.17, 15) is 31.2 Å². The molecule has 0 bridgehead atoms. The second-order valence-corrected chi connectivity index (χ2v) is 10.1. The Kier molecular flexibility index (Phi) is 7.98. The van der Waals surface area contributed by atoms with Gasteiger partial charge in [-0.3, -0.25) is 9.59 Å². The van der Waals surface area contributed by atoms with Gasteiger partial charge in [-0.15, -0.1) is 0 Å². The van der Waals surface area contributed by atoms with Crippen LogP contribution < -0.4 is 10.6 Å². The summed E-state index contributed by atoms with van der Waals surface area (Å²) in [4.78, 5) is 24.0. The maximum Gasteiger partial charge on any atom is 0.416 e. The van der Waals surface area contributed by atoms with Crippen LogP contribution in [0.5, 0.6) is 0 Å². The smallest absolute Gasteiger partial charge is 0.351 e. The summed E-state index contributed by atoms with van der Waals surface area (Å²) in [6, 6.07) is 11.7. The fraction of sp³-hybridized carbons (Fsp3) is 0.391. The van der Waals surface area contributed by atoms with Gasteiger partial charge in [0.15, 0.2) is 0 Å². The Balaban J connectivity index is 1.62. The van der Waals surface area contributed by atoms with Gasteiger partial charge >= 0.3 is 6.18 Å². The minimum absolute atomic E-state index is 0.0486. The molecule has 2 aromatic rings. The number of nitrogens with one attached hydrogen (secondary N) is 2. The molecule has 1 heterocycles. The maximum atomic E-state index is 13.0. The minimum atomic E-state index is -4.65. The molecule has 2 N–H and O–H groups in total. The molecule has 0 saturated carbocycles. The molecule has 7 nitrogen and oxygen atoms in total. The first-order valence-corrected chi connectivity index (χ1v) is 12.2. The fourth-order valence-electron chi connectivity index (χ4n) is 3.83. The molecule has 184 valence electrons. The molecular formula is C23H26F3N3O4S. The summed E-state index contributed by atoms with van der Waals surface area (Å²) in [5.41, 5.74) is -0.156. The van der Waals surface area contributed by atoms with Gasteiger partial charge in [-0.05, 0) is 36.6 Å². The zero-order chi connectivity index (χ0) is 24.9. The molecule has 1 aliphatic rings. The lowest BCUT2D eigenvalue weighted by Crippen LogP contribution is -2.53. The van der Waals surface area contributed by atoms with Crippen molar-refractivity contribution >= 4 is 21.8 Å². The van der Waals surface area contributed by atoms with Crippen molar-refractivity contribution in [2.24, 2.45) is 0 Å². The van der Waals surface area contributed by atoms with Crippen molar-refractivity contribution in [3.63, 3.8) is 0 Å². The van der Waals surface area contributed by atoms with E-state index in [-0.39, 0.29) is 30.9 Å². The number of rotatable bonds is 7. The van der Waals surface area contributed by atoms with Crippen LogP contribution in [0.2, 0.25) is 0 Å². The van der Waals surface area contributed by atoms with Crippen molar-refractivity contribution in [2.75, 3.05) is 13.1 Å². The number of hydrogen-bond acceptors (Lipinski definition) is 4. The third-order valence-corrected chi connectivity index (χ3v) is 7.47. The van der Waals surface area contributed by atoms with Crippen LogP contribution in [0.3, 0.4) is 0 Å². The van der Waals surface area contributed by atoms with Gasteiger partial charge in [0.05, 0.1) is 10.5 Å². The summed E-state index contributed by atoms with van der Waals surface area (Å²) >= 11 is 0. The first-order valence-electron chi connectivity index (χ1n) is 10.8. The number of benzene rings is 2. The zero-order valence-electron chi connectivity index (χ0n) is 18.5. The molecule has 0 aliphatic carbocycles. The maximum absolute atomic E-state index is 13.0. The average molecular weight is 498 g/mol. The Labute approximate surface area is 196 Å². The molecular weight excluding hydrogens is 471 g/mol. The number of nitrogens with zero attached hydrogens (tertiary/aromatic N) is 1. The minimum Gasteiger partial charge on any atom is -0.351 e. The first kappa shape index (κ1) is 25.7. The van der Waals surface area contributed by atoms with Crippen LogP contribution in [0.1, 0.15) is 30.9 Å². The highest BCUT2D eigenvalue weighted by atomic mass is 32.2. The number of carbonyl (C=O) groups excluding carboxylic acids is 2. The van der Waals surface area contributed by atoms with Gasteiger partial charge in [0.1, 0.15) is 6.04 Å². The SMILES string of the molecule is CC(=O)N[C@H](Cc1ccccc1)C(=O)NC1CCN(S(=O)(=O)c2cccc(C(F)(F)F)c2)CC1. The van der Waals surface area contributed by atoms with Gasteiger partial charge in [0.25, 0.3) is 0 Å². The van der Waals surface area contributed by atoms with Crippen LogP contribution in [0, 0.1) is 0 Å². The van der Waals surface area contributed by atoms with E-state index in [1.165, 1.54) is 6.92 Å². The molecule has 0 spiro atoms. The Morgan fingerprint density at radius 2 is 1.71 bits per heavy atom. The summed E-state index contributed by atoms with van der Waals surface area (Å²) in [5, 5.41) is 5.50. The molecule has 1 fully saturated rings. The average Bonchev–Trinajstić information content (AvgIpc) is 2.79. The Morgan fingerprint density at radius 3 is 2.29 bits per heavy atom. The van der Waals surface area contributed by atoms with E-state index < -0.39 is 32.7 Å². The third kappa shape index (κ3) is 6.57. The summed E-state index contributed by atoms with van der Waals surface area (Å²) in [6.45, 7) is 1.42. The highest BCUT2D eigenvalue weighted by Gasteiger charge is 2.34. The molecule has 3 rings (SSSR count). The van der Waals surface area contributed by atoms with Gasteiger partial charge < -0.3 is 10.6 Å². The zero-order valence-corrected chi connectivity index (χ0v) is 19.3. The monoisotopic (exact) mass is 497 g/mol. The lowest BCUT2D eigenvalue weighted by atomic mass is 10.0. The Hall–Kier alpha value is -2.92. The molecule has 2 aromatic carbocycles. The number of amides is 2. The molecule has 11 heteroatoms. The van der Waals surface area contributed by atoms with Crippen molar-refractivity contribution < 1.29 is 31.2 Å². The van der Waals surface area contributed by atoms with E-state index in [0.717, 1.165) is 28.1 Å². The second kappa shape index (κ2) is 10.6. The normalized spacial score (nSPS) is 16.6. The van der Waals surface area contributed by atoms with Crippen LogP contribution in [0.25, 0.3) is 0 Å². The van der Waals surface area contributed by atoms with E-state index in [0.29, 0.717) is 25.3 Å². The Bertz CT molecular complexity index is 1120. The van der Waals surface area contributed by atoms with Gasteiger partial charge in [0.2, 0.25) is 21.8 Å². The molecule has 1 saturated heterocycles. The van der Waals surface area contributed by atoms with Gasteiger partial charge in [-0.2, -0.15) is 17.5 Å². The number of piperidine rings is 1. The van der Waals surface area contributed by atoms with Gasteiger partial charge in [-0.1, -0.05) is 36.4 Å². The standard InChI is InChI=1S/C23H26F3N3O4S/c1-16(30)27-21(14-17-6-3-2-4-7-17)22(31)28-19-10-12-29(13-11-19)34(32,33)20-9-5-8-18(15-20)23(24,25)26/h2-9,15,19,21H,10-14H2,1H3,(H,27,30)(H,28,31)/t21-/m1/s1. The number of hydrogen-bond donors (Lipinski definition) is 2. The third-order valence-electron chi connectivity index (χ3n) is 5.58. The van der Waals surface area contributed by atoms with Crippen molar-refractivity contribution in [2.45, 2.75) is 49.3 Å². The highest BCUT2D eigenvalue weighted by molar-refractivity contribution is 7.89. The summed E-state index contributed by atoms with van der Waals surface area (Å²) in [7, 11) is -4.11. The molecule has 34 heavy (non-hydrogen) atoms. The predicted octanol–water partition coefficient (Wildman–Crippen LogP) is 2.72. The molecule has 0 unspecified atom stereocenters. The quantitative estimate of drug-likeness (QED) is 0.615. The van der Waals surface area contributed by atoms with Crippen molar-refractivity contribution in [1.82, 2.24) is 14.9 Å². The van der Waals surface area contributed by atoms with Crippen molar-refractivity contribution in [3.05, 3.63) is 65.7 Å². The van der Waals surface area contributed by atoms with E-state index in [1.54, 1.807) is 0 Å². The summed E-state index contributed by atoms with van der Waals surface area (Å²) < 4.78 is 65.8. The summed E-state index contributed by atoms with van der Waals surface area (Å²) in [5.74, 6) is -0.726. The largest absolute Gasteiger partial charge is 0.416 e. The number of halogens is 3. The van der Waals surface area contributed by atoms with Crippen LogP contribution in [0.15, 0.2) is 59.5 Å². The fourth-order valence-corrected chi connectivity index (χ4v) is 5.34. The van der Waals surface area contributed by atoms with E-state index in [4.69, 9.17) is 0 Å². The topological polar surface area (TPSA) is 95.6 Å². The van der Waals surface area contributed by atoms with Crippen LogP contribution in [-0.4, -0.2) is 49.7 Å². The van der Waals surface area contributed by atoms with Gasteiger partial charge in [-0.25, -0.2) is 8.42 Å². The number of sulfonamides is 1. The van der Waals surface area contributed by atoms with Crippen molar-refractivity contribution in [3.8, 4) is 0 Å². The highest BCUT2D eigenvalue weighted by Crippen LogP contribution is 2.31. The molecule has 0 radical (unpaired) electrons. The molecule has 0 aromatic heterocycles. The predicted molar refractivity (Wildman–Crippen MR) is 119 cm³/mol. The van der Waals surface area contributed by atoms with E-state index in [1.807, 2.05) is 30.3 Å².